The summed E-state index contributed by atoms with van der Waals surface area (Å²) in [5.74, 6) is 2.26. The molecule has 3 fully saturated rings. The van der Waals surface area contributed by atoms with Gasteiger partial charge in [0.25, 0.3) is 8.32 Å². The molecule has 47 heavy (non-hydrogen) atoms. The molecule has 0 aromatic heterocycles. The summed E-state index contributed by atoms with van der Waals surface area (Å²) in [5.41, 5.74) is 1.50. The van der Waals surface area contributed by atoms with E-state index in [4.69, 9.17) is 9.16 Å². The second-order valence-electron chi connectivity index (χ2n) is 17.2. The summed E-state index contributed by atoms with van der Waals surface area (Å²) in [6.07, 6.45) is 10.8. The maximum atomic E-state index is 16.7. The van der Waals surface area contributed by atoms with Crippen molar-refractivity contribution in [2.75, 3.05) is 7.11 Å². The van der Waals surface area contributed by atoms with Crippen LogP contribution in [0.15, 0.2) is 72.1 Å². The van der Waals surface area contributed by atoms with Gasteiger partial charge in [0.05, 0.1) is 7.11 Å². The molecule has 4 aliphatic rings. The average Bonchev–Trinajstić information content (AvgIpc) is 3.41. The number of hydrogen-bond donors (Lipinski definition) is 0. The standard InChI is InChI=1S/C42H59FO3Si/c1-29(15-14-20-38(44)45-7)34-21-22-35-39-36(24-26-42(34,35)6)41(5)25-23-31(27-30(41)28-37(39)43)46-47(40(2,3)4,32-16-10-8-11-17-32)33-18-12-9-13-19-33/h8-13,16-19,29-31,34-36H,14-15,20-28H2,1-7H3/t29-,30-,31+,34-,35-,36+,41+,42-/m1/s1. The number of rotatable bonds is 9. The molecule has 2 aromatic carbocycles. The highest BCUT2D eigenvalue weighted by Crippen LogP contribution is 2.68. The van der Waals surface area contributed by atoms with Gasteiger partial charge in [-0.1, -0.05) is 102 Å². The Bertz CT molecular complexity index is 1390. The molecular weight excluding hydrogens is 600 g/mol. The van der Waals surface area contributed by atoms with Crippen LogP contribution in [0.2, 0.25) is 5.04 Å². The van der Waals surface area contributed by atoms with Crippen molar-refractivity contribution >= 4 is 24.7 Å². The molecule has 0 N–H and O–H groups in total. The zero-order valence-corrected chi connectivity index (χ0v) is 31.1. The average molecular weight is 659 g/mol. The minimum Gasteiger partial charge on any atom is -0.469 e. The number of ether oxygens (including phenoxy) is 1. The zero-order chi connectivity index (χ0) is 33.6. The van der Waals surface area contributed by atoms with E-state index >= 15 is 4.39 Å². The normalized spacial score (nSPS) is 33.1. The van der Waals surface area contributed by atoms with E-state index in [1.807, 2.05) is 0 Å². The van der Waals surface area contributed by atoms with Gasteiger partial charge >= 0.3 is 5.97 Å². The van der Waals surface area contributed by atoms with Crippen molar-refractivity contribution in [1.82, 2.24) is 0 Å². The van der Waals surface area contributed by atoms with E-state index in [0.29, 0.717) is 42.4 Å². The molecule has 0 unspecified atom stereocenters. The lowest BCUT2D eigenvalue weighted by Crippen LogP contribution is -2.68. The van der Waals surface area contributed by atoms with Crippen LogP contribution in [0.1, 0.15) is 112 Å². The van der Waals surface area contributed by atoms with E-state index in [1.165, 1.54) is 35.9 Å². The fourth-order valence-corrected chi connectivity index (χ4v) is 16.1. The highest BCUT2D eigenvalue weighted by Gasteiger charge is 2.61. The quantitative estimate of drug-likeness (QED) is 0.199. The molecule has 0 amide bonds. The molecule has 6 rings (SSSR count). The molecule has 5 heteroatoms. The predicted octanol–water partition coefficient (Wildman–Crippen LogP) is 9.79. The number of carbonyl (C=O) groups is 1. The van der Waals surface area contributed by atoms with Crippen LogP contribution in [0.5, 0.6) is 0 Å². The van der Waals surface area contributed by atoms with Gasteiger partial charge in [-0.15, -0.1) is 0 Å². The van der Waals surface area contributed by atoms with Crippen molar-refractivity contribution in [3.05, 3.63) is 72.1 Å². The Labute approximate surface area is 285 Å². The van der Waals surface area contributed by atoms with Gasteiger partial charge < -0.3 is 9.16 Å². The van der Waals surface area contributed by atoms with Crippen LogP contribution in [-0.4, -0.2) is 27.5 Å². The van der Waals surface area contributed by atoms with E-state index in [-0.39, 0.29) is 33.8 Å². The summed E-state index contributed by atoms with van der Waals surface area (Å²) >= 11 is 0. The minimum atomic E-state index is -2.67. The Hall–Kier alpha value is -2.24. The van der Waals surface area contributed by atoms with E-state index in [0.717, 1.165) is 44.9 Å². The Morgan fingerprint density at radius 2 is 1.51 bits per heavy atom. The second kappa shape index (κ2) is 13.2. The number of allylic oxidation sites excluding steroid dienone is 2. The first-order chi connectivity index (χ1) is 22.3. The van der Waals surface area contributed by atoms with Crippen molar-refractivity contribution in [1.29, 1.82) is 0 Å². The first kappa shape index (κ1) is 34.6. The molecular formula is C42H59FO3Si. The molecule has 0 heterocycles. The minimum absolute atomic E-state index is 0.0649. The first-order valence-corrected chi connectivity index (χ1v) is 20.5. The smallest absolute Gasteiger partial charge is 0.305 e. The summed E-state index contributed by atoms with van der Waals surface area (Å²) < 4.78 is 29.2. The van der Waals surface area contributed by atoms with Crippen molar-refractivity contribution in [3.8, 4) is 0 Å². The number of benzene rings is 2. The van der Waals surface area contributed by atoms with Gasteiger partial charge in [0, 0.05) is 18.9 Å². The van der Waals surface area contributed by atoms with E-state index in [1.54, 1.807) is 0 Å². The van der Waals surface area contributed by atoms with Crippen LogP contribution >= 0.6 is 0 Å². The highest BCUT2D eigenvalue weighted by molar-refractivity contribution is 6.99. The molecule has 3 nitrogen and oxygen atoms in total. The number of esters is 1. The summed E-state index contributed by atoms with van der Waals surface area (Å²) in [5, 5.41) is 2.59. The van der Waals surface area contributed by atoms with Crippen LogP contribution in [0.4, 0.5) is 4.39 Å². The molecule has 256 valence electrons. The van der Waals surface area contributed by atoms with Gasteiger partial charge in [-0.2, -0.15) is 0 Å². The van der Waals surface area contributed by atoms with Gasteiger partial charge in [0.2, 0.25) is 0 Å². The molecule has 8 atom stereocenters. The molecule has 0 bridgehead atoms. The van der Waals surface area contributed by atoms with Gasteiger partial charge in [-0.05, 0) is 119 Å². The molecule has 4 aliphatic carbocycles. The second-order valence-corrected chi connectivity index (χ2v) is 21.5. The van der Waals surface area contributed by atoms with Gasteiger partial charge in [0.15, 0.2) is 0 Å². The molecule has 2 aromatic rings. The lowest BCUT2D eigenvalue weighted by atomic mass is 9.47. The fraction of sp³-hybridized carbons (Fsp3) is 0.643. The van der Waals surface area contributed by atoms with Crippen LogP contribution < -0.4 is 10.4 Å². The van der Waals surface area contributed by atoms with Crippen LogP contribution in [-0.2, 0) is 14.0 Å². The van der Waals surface area contributed by atoms with Crippen molar-refractivity contribution < 1.29 is 18.3 Å². The molecule has 0 spiro atoms. The Kier molecular flexibility index (Phi) is 9.74. The van der Waals surface area contributed by atoms with Crippen molar-refractivity contribution in [3.63, 3.8) is 0 Å². The molecule has 0 saturated heterocycles. The third-order valence-electron chi connectivity index (χ3n) is 13.9. The number of fused-ring (bicyclic) bond motifs is 5. The fourth-order valence-electron chi connectivity index (χ4n) is 11.4. The SMILES string of the molecule is COC(=O)CCC[C@@H](C)[C@H]1CC[C@@H]2C3=C(F)C[C@H]4C[C@@H](O[Si](c5ccccc5)(c5ccccc5)C(C)(C)C)CC[C@]4(C)[C@H]3CC[C@@]21C. The molecule has 0 radical (unpaired) electrons. The van der Waals surface area contributed by atoms with E-state index in [9.17, 15) is 4.79 Å². The van der Waals surface area contributed by atoms with Gasteiger partial charge in [-0.25, -0.2) is 4.39 Å². The monoisotopic (exact) mass is 658 g/mol. The zero-order valence-electron chi connectivity index (χ0n) is 30.1. The number of halogens is 1. The van der Waals surface area contributed by atoms with Gasteiger partial charge in [-0.3, -0.25) is 4.79 Å². The van der Waals surface area contributed by atoms with Crippen LogP contribution in [0.25, 0.3) is 0 Å². The summed E-state index contributed by atoms with van der Waals surface area (Å²) in [6, 6.07) is 21.9. The Balaban J connectivity index is 1.24. The summed E-state index contributed by atoms with van der Waals surface area (Å²) in [4.78, 5) is 11.7. The maximum absolute atomic E-state index is 16.7. The topological polar surface area (TPSA) is 35.5 Å². The summed E-state index contributed by atoms with van der Waals surface area (Å²) in [6.45, 7) is 14.4. The third-order valence-corrected chi connectivity index (χ3v) is 19.0. The van der Waals surface area contributed by atoms with E-state index < -0.39 is 8.32 Å². The Morgan fingerprint density at radius 1 is 0.915 bits per heavy atom. The van der Waals surface area contributed by atoms with Crippen molar-refractivity contribution in [2.24, 2.45) is 40.4 Å². The number of carbonyl (C=O) groups excluding carboxylic acids is 1. The lowest BCUT2D eigenvalue weighted by molar-refractivity contribution is -0.140. The largest absolute Gasteiger partial charge is 0.469 e. The number of methoxy groups -OCH3 is 1. The summed E-state index contributed by atoms with van der Waals surface area (Å²) in [7, 11) is -1.19. The number of hydrogen-bond acceptors (Lipinski definition) is 3. The highest BCUT2D eigenvalue weighted by atomic mass is 28.4. The Morgan fingerprint density at radius 3 is 2.11 bits per heavy atom. The predicted molar refractivity (Wildman–Crippen MR) is 193 cm³/mol. The van der Waals surface area contributed by atoms with E-state index in [2.05, 4.69) is 102 Å². The maximum Gasteiger partial charge on any atom is 0.305 e. The van der Waals surface area contributed by atoms with Gasteiger partial charge in [0.1, 0.15) is 5.83 Å². The third kappa shape index (κ3) is 6.00. The van der Waals surface area contributed by atoms with Crippen LogP contribution in [0.3, 0.4) is 0 Å². The molecule has 3 saturated carbocycles. The van der Waals surface area contributed by atoms with Crippen molar-refractivity contribution in [2.45, 2.75) is 123 Å². The van der Waals surface area contributed by atoms with Crippen LogP contribution in [0, 0.1) is 40.4 Å². The first-order valence-electron chi connectivity index (χ1n) is 18.6. The molecule has 0 aliphatic heterocycles. The lowest BCUT2D eigenvalue weighted by Gasteiger charge is -2.59.